The van der Waals surface area contributed by atoms with Crippen LogP contribution in [0.1, 0.15) is 28.2 Å². The number of hydrogen-bond donors (Lipinski definition) is 0. The molecule has 0 saturated heterocycles. The smallest absolute Gasteiger partial charge is 0.273 e. The van der Waals surface area contributed by atoms with Crippen molar-refractivity contribution in [2.75, 3.05) is 0 Å². The van der Waals surface area contributed by atoms with Crippen molar-refractivity contribution in [3.05, 3.63) is 52.2 Å². The van der Waals surface area contributed by atoms with Crippen LogP contribution in [-0.4, -0.2) is 21.8 Å². The fourth-order valence-corrected chi connectivity index (χ4v) is 2.70. The molecule has 0 unspecified atom stereocenters. The van der Waals surface area contributed by atoms with Crippen LogP contribution in [0.3, 0.4) is 0 Å². The second kappa shape index (κ2) is 5.09. The summed E-state index contributed by atoms with van der Waals surface area (Å²) in [5.41, 5.74) is 0.184. The van der Waals surface area contributed by atoms with Crippen LogP contribution >= 0.6 is 11.3 Å². The quantitative estimate of drug-likeness (QED) is 0.804. The lowest BCUT2D eigenvalue weighted by molar-refractivity contribution is 0.0724. The Morgan fingerprint density at radius 3 is 2.84 bits per heavy atom. The molecule has 0 aliphatic heterocycles. The van der Waals surface area contributed by atoms with Gasteiger partial charge in [-0.1, -0.05) is 12.1 Å². The molecule has 2 aromatic rings. The van der Waals surface area contributed by atoms with Crippen LogP contribution in [0.4, 0.5) is 4.39 Å². The number of aromatic nitrogens is 1. The van der Waals surface area contributed by atoms with Gasteiger partial charge in [0.15, 0.2) is 0 Å². The molecule has 3 rings (SSSR count). The van der Waals surface area contributed by atoms with E-state index in [0.29, 0.717) is 6.54 Å². The summed E-state index contributed by atoms with van der Waals surface area (Å²) in [6, 6.07) is 8.58. The van der Waals surface area contributed by atoms with E-state index in [1.807, 2.05) is 17.5 Å². The first kappa shape index (κ1) is 12.3. The van der Waals surface area contributed by atoms with Gasteiger partial charge in [-0.05, 0) is 36.4 Å². The molecule has 5 heteroatoms. The van der Waals surface area contributed by atoms with Crippen LogP contribution in [0.5, 0.6) is 0 Å². The highest BCUT2D eigenvalue weighted by Crippen LogP contribution is 2.30. The summed E-state index contributed by atoms with van der Waals surface area (Å²) >= 11 is 1.62. The Labute approximate surface area is 114 Å². The molecule has 0 atom stereocenters. The maximum Gasteiger partial charge on any atom is 0.273 e. The first-order valence-corrected chi connectivity index (χ1v) is 7.08. The summed E-state index contributed by atoms with van der Waals surface area (Å²) in [6.07, 6.45) is 2.04. The molecule has 1 amide bonds. The number of halogens is 1. The van der Waals surface area contributed by atoms with Crippen molar-refractivity contribution in [1.29, 1.82) is 0 Å². The molecule has 0 radical (unpaired) electrons. The predicted octanol–water partition coefficient (Wildman–Crippen LogP) is 3.09. The summed E-state index contributed by atoms with van der Waals surface area (Å²) < 4.78 is 13.1. The van der Waals surface area contributed by atoms with Crippen molar-refractivity contribution in [2.45, 2.75) is 25.4 Å². The van der Waals surface area contributed by atoms with Gasteiger partial charge < -0.3 is 4.90 Å². The third kappa shape index (κ3) is 2.81. The first-order chi connectivity index (χ1) is 9.24. The fraction of sp³-hybridized carbons (Fsp3) is 0.286. The van der Waals surface area contributed by atoms with Gasteiger partial charge in [-0.15, -0.1) is 11.3 Å². The molecular weight excluding hydrogens is 263 g/mol. The van der Waals surface area contributed by atoms with E-state index in [2.05, 4.69) is 4.98 Å². The van der Waals surface area contributed by atoms with Crippen molar-refractivity contribution < 1.29 is 9.18 Å². The molecule has 98 valence electrons. The van der Waals surface area contributed by atoms with Crippen LogP contribution in [0.25, 0.3) is 0 Å². The van der Waals surface area contributed by atoms with Gasteiger partial charge in [0.1, 0.15) is 5.69 Å². The van der Waals surface area contributed by atoms with Gasteiger partial charge in [-0.2, -0.15) is 4.39 Å². The van der Waals surface area contributed by atoms with Crippen LogP contribution in [0.15, 0.2) is 35.7 Å². The highest BCUT2D eigenvalue weighted by molar-refractivity contribution is 7.09. The third-order valence-corrected chi connectivity index (χ3v) is 3.95. The minimum absolute atomic E-state index is 0.184. The van der Waals surface area contributed by atoms with Crippen molar-refractivity contribution in [3.63, 3.8) is 0 Å². The number of rotatable bonds is 4. The standard InChI is InChI=1S/C14H13FN2OS/c15-13-5-1-4-12(16-13)14(18)17(10-6-7-10)9-11-3-2-8-19-11/h1-5,8,10H,6-7,9H2. The van der Waals surface area contributed by atoms with E-state index >= 15 is 0 Å². The molecule has 1 fully saturated rings. The highest BCUT2D eigenvalue weighted by atomic mass is 32.1. The van der Waals surface area contributed by atoms with Crippen molar-refractivity contribution in [1.82, 2.24) is 9.88 Å². The largest absolute Gasteiger partial charge is 0.329 e. The Morgan fingerprint density at radius 1 is 1.37 bits per heavy atom. The zero-order valence-electron chi connectivity index (χ0n) is 10.3. The van der Waals surface area contributed by atoms with Gasteiger partial charge in [-0.25, -0.2) is 4.98 Å². The first-order valence-electron chi connectivity index (χ1n) is 6.20. The fourth-order valence-electron chi connectivity index (χ4n) is 2.00. The summed E-state index contributed by atoms with van der Waals surface area (Å²) in [7, 11) is 0. The number of thiophene rings is 1. The van der Waals surface area contributed by atoms with E-state index in [0.717, 1.165) is 17.7 Å². The molecule has 0 N–H and O–H groups in total. The second-order valence-electron chi connectivity index (χ2n) is 4.59. The van der Waals surface area contributed by atoms with Crippen LogP contribution in [-0.2, 0) is 6.54 Å². The second-order valence-corrected chi connectivity index (χ2v) is 5.62. The normalized spacial score (nSPS) is 14.4. The third-order valence-electron chi connectivity index (χ3n) is 3.09. The Morgan fingerprint density at radius 2 is 2.21 bits per heavy atom. The maximum atomic E-state index is 13.1. The van der Waals surface area contributed by atoms with Gasteiger partial charge in [0.25, 0.3) is 5.91 Å². The number of pyridine rings is 1. The van der Waals surface area contributed by atoms with Crippen molar-refractivity contribution >= 4 is 17.2 Å². The molecule has 0 aromatic carbocycles. The minimum Gasteiger partial charge on any atom is -0.329 e. The number of carbonyl (C=O) groups is 1. The molecule has 3 nitrogen and oxygen atoms in total. The molecule has 19 heavy (non-hydrogen) atoms. The Kier molecular flexibility index (Phi) is 3.29. The molecule has 2 aromatic heterocycles. The maximum absolute atomic E-state index is 13.1. The molecule has 0 spiro atoms. The van der Waals surface area contributed by atoms with Gasteiger partial charge in [0.2, 0.25) is 5.95 Å². The SMILES string of the molecule is O=C(c1cccc(F)n1)N(Cc1cccs1)C1CC1. The number of nitrogens with zero attached hydrogens (tertiary/aromatic N) is 2. The highest BCUT2D eigenvalue weighted by Gasteiger charge is 2.33. The lowest BCUT2D eigenvalue weighted by Gasteiger charge is -2.21. The lowest BCUT2D eigenvalue weighted by atomic mass is 10.3. The van der Waals surface area contributed by atoms with E-state index in [1.54, 1.807) is 22.3 Å². The average molecular weight is 276 g/mol. The summed E-state index contributed by atoms with van der Waals surface area (Å²) in [5, 5.41) is 1.99. The lowest BCUT2D eigenvalue weighted by Crippen LogP contribution is -2.33. The molecule has 1 saturated carbocycles. The number of amides is 1. The van der Waals surface area contributed by atoms with E-state index < -0.39 is 5.95 Å². The van der Waals surface area contributed by atoms with Crippen LogP contribution in [0, 0.1) is 5.95 Å². The van der Waals surface area contributed by atoms with Gasteiger partial charge >= 0.3 is 0 Å². The Balaban J connectivity index is 1.82. The Bertz CT molecular complexity index is 581. The van der Waals surface area contributed by atoms with Crippen LogP contribution < -0.4 is 0 Å². The molecule has 2 heterocycles. The molecule has 1 aliphatic carbocycles. The van der Waals surface area contributed by atoms with Crippen molar-refractivity contribution in [3.8, 4) is 0 Å². The van der Waals surface area contributed by atoms with E-state index in [1.165, 1.54) is 12.1 Å². The minimum atomic E-state index is -0.613. The van der Waals surface area contributed by atoms with E-state index in [9.17, 15) is 9.18 Å². The molecule has 0 bridgehead atoms. The van der Waals surface area contributed by atoms with Gasteiger partial charge in [-0.3, -0.25) is 4.79 Å². The zero-order valence-corrected chi connectivity index (χ0v) is 11.1. The summed E-state index contributed by atoms with van der Waals surface area (Å²) in [5.74, 6) is -0.798. The number of carbonyl (C=O) groups excluding carboxylic acids is 1. The van der Waals surface area contributed by atoms with Crippen LogP contribution in [0.2, 0.25) is 0 Å². The topological polar surface area (TPSA) is 33.2 Å². The number of hydrogen-bond acceptors (Lipinski definition) is 3. The molecule has 1 aliphatic rings. The summed E-state index contributed by atoms with van der Waals surface area (Å²) in [4.78, 5) is 19.0. The zero-order chi connectivity index (χ0) is 13.2. The predicted molar refractivity (Wildman–Crippen MR) is 71.4 cm³/mol. The van der Waals surface area contributed by atoms with Crippen molar-refractivity contribution in [2.24, 2.45) is 0 Å². The van der Waals surface area contributed by atoms with Gasteiger partial charge in [0, 0.05) is 10.9 Å². The molecular formula is C14H13FN2OS. The van der Waals surface area contributed by atoms with E-state index in [-0.39, 0.29) is 17.6 Å². The van der Waals surface area contributed by atoms with Gasteiger partial charge in [0.05, 0.1) is 6.54 Å². The Hall–Kier alpha value is -1.75. The average Bonchev–Trinajstić information content (AvgIpc) is 3.12. The summed E-state index contributed by atoms with van der Waals surface area (Å²) in [6.45, 7) is 0.583. The monoisotopic (exact) mass is 276 g/mol. The van der Waals surface area contributed by atoms with E-state index in [4.69, 9.17) is 0 Å².